The number of rotatable bonds is 3. The fourth-order valence-electron chi connectivity index (χ4n) is 4.63. The number of carbonyl (C=O) groups is 1. The SMILES string of the molecule is Cc1ccc(S(=O)(=O)N2C=CC(=O)C3(CCCCC3)C2c2ccccc2)cc1. The van der Waals surface area contributed by atoms with Crippen LogP contribution in [0.1, 0.15) is 49.3 Å². The van der Waals surface area contributed by atoms with Gasteiger partial charge in [-0.1, -0.05) is 67.3 Å². The van der Waals surface area contributed by atoms with E-state index in [2.05, 4.69) is 0 Å². The molecule has 2 aromatic carbocycles. The molecule has 1 aliphatic carbocycles. The number of hydrogen-bond acceptors (Lipinski definition) is 3. The van der Waals surface area contributed by atoms with E-state index in [1.807, 2.05) is 37.3 Å². The molecule has 4 nitrogen and oxygen atoms in total. The standard InChI is InChI=1S/C23H25NO3S/c1-18-10-12-20(13-11-18)28(26,27)24-17-14-21(25)23(15-6-3-7-16-23)22(24)19-8-4-2-5-9-19/h2,4-5,8-14,17,22H,3,6-7,15-16H2,1H3. The Labute approximate surface area is 166 Å². The molecule has 0 N–H and O–H groups in total. The minimum Gasteiger partial charge on any atom is -0.294 e. The quantitative estimate of drug-likeness (QED) is 0.752. The Bertz CT molecular complexity index is 988. The lowest BCUT2D eigenvalue weighted by Gasteiger charge is -2.48. The summed E-state index contributed by atoms with van der Waals surface area (Å²) in [5, 5.41) is 0. The van der Waals surface area contributed by atoms with Crippen LogP contribution in [0.2, 0.25) is 0 Å². The van der Waals surface area contributed by atoms with E-state index in [1.54, 1.807) is 24.3 Å². The van der Waals surface area contributed by atoms with Gasteiger partial charge in [0.05, 0.1) is 16.4 Å². The van der Waals surface area contributed by atoms with Crippen molar-refractivity contribution in [1.29, 1.82) is 0 Å². The van der Waals surface area contributed by atoms with Crippen LogP contribution in [0.15, 0.2) is 71.8 Å². The summed E-state index contributed by atoms with van der Waals surface area (Å²) in [5.41, 5.74) is 1.19. The summed E-state index contributed by atoms with van der Waals surface area (Å²) in [6, 6.07) is 16.0. The van der Waals surface area contributed by atoms with E-state index in [9.17, 15) is 13.2 Å². The molecule has 2 aliphatic rings. The third kappa shape index (κ3) is 3.08. The molecule has 1 atom stereocenters. The van der Waals surface area contributed by atoms with Crippen LogP contribution in [0.3, 0.4) is 0 Å². The Balaban J connectivity index is 1.88. The average Bonchev–Trinajstić information content (AvgIpc) is 2.71. The molecule has 5 heteroatoms. The molecule has 4 rings (SSSR count). The molecule has 1 aliphatic heterocycles. The lowest BCUT2D eigenvalue weighted by atomic mass is 9.63. The Morgan fingerprint density at radius 3 is 2.21 bits per heavy atom. The maximum absolute atomic E-state index is 13.6. The molecule has 0 saturated heterocycles. The second-order valence-corrected chi connectivity index (χ2v) is 9.70. The van der Waals surface area contributed by atoms with Crippen molar-refractivity contribution in [2.75, 3.05) is 0 Å². The first-order valence-electron chi connectivity index (χ1n) is 9.83. The maximum atomic E-state index is 13.6. The van der Waals surface area contributed by atoms with Gasteiger partial charge in [0, 0.05) is 6.20 Å². The molecule has 0 aromatic heterocycles. The summed E-state index contributed by atoms with van der Waals surface area (Å²) < 4.78 is 28.6. The zero-order valence-corrected chi connectivity index (χ0v) is 16.9. The summed E-state index contributed by atoms with van der Waals surface area (Å²) in [6.07, 6.45) is 7.35. The summed E-state index contributed by atoms with van der Waals surface area (Å²) in [6.45, 7) is 1.93. The second-order valence-electron chi connectivity index (χ2n) is 7.86. The molecule has 1 heterocycles. The third-order valence-corrected chi connectivity index (χ3v) is 7.85. The molecule has 146 valence electrons. The van der Waals surface area contributed by atoms with Gasteiger partial charge in [0.1, 0.15) is 0 Å². The molecule has 1 saturated carbocycles. The molecule has 28 heavy (non-hydrogen) atoms. The van der Waals surface area contributed by atoms with Crippen LogP contribution in [0.4, 0.5) is 0 Å². The predicted octanol–water partition coefficient (Wildman–Crippen LogP) is 4.77. The predicted molar refractivity (Wildman–Crippen MR) is 109 cm³/mol. The van der Waals surface area contributed by atoms with Crippen molar-refractivity contribution < 1.29 is 13.2 Å². The van der Waals surface area contributed by atoms with Gasteiger partial charge in [-0.25, -0.2) is 8.42 Å². The molecule has 0 amide bonds. The minimum absolute atomic E-state index is 0.0522. The summed E-state index contributed by atoms with van der Waals surface area (Å²) in [7, 11) is -3.78. The molecule has 1 spiro atoms. The highest BCUT2D eigenvalue weighted by molar-refractivity contribution is 7.89. The normalized spacial score (nSPS) is 21.8. The van der Waals surface area contributed by atoms with Crippen molar-refractivity contribution in [1.82, 2.24) is 4.31 Å². The Kier molecular flexibility index (Phi) is 4.88. The van der Waals surface area contributed by atoms with E-state index < -0.39 is 21.5 Å². The van der Waals surface area contributed by atoms with Gasteiger partial charge in [-0.3, -0.25) is 9.10 Å². The average molecular weight is 396 g/mol. The van der Waals surface area contributed by atoms with E-state index in [0.29, 0.717) is 0 Å². The van der Waals surface area contributed by atoms with Gasteiger partial charge < -0.3 is 0 Å². The largest absolute Gasteiger partial charge is 0.294 e. The Hall–Kier alpha value is -2.40. The number of allylic oxidation sites excluding steroid dienone is 1. The van der Waals surface area contributed by atoms with Crippen LogP contribution < -0.4 is 0 Å². The monoisotopic (exact) mass is 395 g/mol. The fraction of sp³-hybridized carbons (Fsp3) is 0.348. The molecular weight excluding hydrogens is 370 g/mol. The van der Waals surface area contributed by atoms with E-state index >= 15 is 0 Å². The molecule has 2 aromatic rings. The van der Waals surface area contributed by atoms with Crippen molar-refractivity contribution in [2.24, 2.45) is 5.41 Å². The first-order chi connectivity index (χ1) is 13.4. The maximum Gasteiger partial charge on any atom is 0.264 e. The van der Waals surface area contributed by atoms with Crippen LogP contribution in [0.5, 0.6) is 0 Å². The molecule has 1 unspecified atom stereocenters. The Morgan fingerprint density at radius 1 is 0.929 bits per heavy atom. The van der Waals surface area contributed by atoms with Crippen LogP contribution in [0.25, 0.3) is 0 Å². The minimum atomic E-state index is -3.78. The van der Waals surface area contributed by atoms with Crippen molar-refractivity contribution >= 4 is 15.8 Å². The zero-order valence-electron chi connectivity index (χ0n) is 16.0. The van der Waals surface area contributed by atoms with Crippen molar-refractivity contribution in [3.63, 3.8) is 0 Å². The lowest BCUT2D eigenvalue weighted by Crippen LogP contribution is -2.49. The number of hydrogen-bond donors (Lipinski definition) is 0. The number of aryl methyl sites for hydroxylation is 1. The number of benzene rings is 2. The Morgan fingerprint density at radius 2 is 1.57 bits per heavy atom. The zero-order chi connectivity index (χ0) is 19.8. The van der Waals surface area contributed by atoms with Gasteiger partial charge in [-0.2, -0.15) is 0 Å². The van der Waals surface area contributed by atoms with Gasteiger partial charge in [0.25, 0.3) is 10.0 Å². The van der Waals surface area contributed by atoms with E-state index in [0.717, 1.165) is 43.2 Å². The lowest BCUT2D eigenvalue weighted by molar-refractivity contribution is -0.130. The third-order valence-electron chi connectivity index (χ3n) is 6.10. The number of sulfonamides is 1. The van der Waals surface area contributed by atoms with Gasteiger partial charge in [-0.05, 0) is 43.5 Å². The van der Waals surface area contributed by atoms with E-state index in [1.165, 1.54) is 16.6 Å². The number of nitrogens with zero attached hydrogens (tertiary/aromatic N) is 1. The number of ketones is 1. The van der Waals surface area contributed by atoms with Crippen LogP contribution in [-0.4, -0.2) is 18.5 Å². The highest BCUT2D eigenvalue weighted by Gasteiger charge is 2.52. The van der Waals surface area contributed by atoms with Crippen LogP contribution >= 0.6 is 0 Å². The van der Waals surface area contributed by atoms with E-state index in [-0.39, 0.29) is 10.7 Å². The molecular formula is C23H25NO3S. The summed E-state index contributed by atoms with van der Waals surface area (Å²) in [5.74, 6) is 0.0522. The summed E-state index contributed by atoms with van der Waals surface area (Å²) >= 11 is 0. The fourth-order valence-corrected chi connectivity index (χ4v) is 6.17. The smallest absolute Gasteiger partial charge is 0.264 e. The van der Waals surface area contributed by atoms with Crippen molar-refractivity contribution in [2.45, 2.75) is 50.0 Å². The highest BCUT2D eigenvalue weighted by atomic mass is 32.2. The topological polar surface area (TPSA) is 54.5 Å². The van der Waals surface area contributed by atoms with Gasteiger partial charge in [0.15, 0.2) is 5.78 Å². The van der Waals surface area contributed by atoms with Crippen molar-refractivity contribution in [3.8, 4) is 0 Å². The second kappa shape index (κ2) is 7.21. The van der Waals surface area contributed by atoms with Crippen LogP contribution in [-0.2, 0) is 14.8 Å². The van der Waals surface area contributed by atoms with Gasteiger partial charge in [0.2, 0.25) is 0 Å². The molecule has 1 fully saturated rings. The highest BCUT2D eigenvalue weighted by Crippen LogP contribution is 2.53. The number of carbonyl (C=O) groups excluding carboxylic acids is 1. The first-order valence-corrected chi connectivity index (χ1v) is 11.3. The molecule has 0 radical (unpaired) electrons. The molecule has 0 bridgehead atoms. The first kappa shape index (κ1) is 18.9. The van der Waals surface area contributed by atoms with E-state index in [4.69, 9.17) is 0 Å². The summed E-state index contributed by atoms with van der Waals surface area (Å²) in [4.78, 5) is 13.4. The van der Waals surface area contributed by atoms with Crippen molar-refractivity contribution in [3.05, 3.63) is 78.0 Å². The van der Waals surface area contributed by atoms with Gasteiger partial charge in [-0.15, -0.1) is 0 Å². The van der Waals surface area contributed by atoms with Crippen LogP contribution in [0, 0.1) is 12.3 Å². The van der Waals surface area contributed by atoms with Gasteiger partial charge >= 0.3 is 0 Å².